The van der Waals surface area contributed by atoms with Gasteiger partial charge in [-0.1, -0.05) is 293 Å². The summed E-state index contributed by atoms with van der Waals surface area (Å²) in [7, 11) is 0. The second-order valence-electron chi connectivity index (χ2n) is 27.8. The fourth-order valence-electron chi connectivity index (χ4n) is 13.1. The van der Waals surface area contributed by atoms with Gasteiger partial charge in [-0.15, -0.1) is 0 Å². The highest BCUT2D eigenvalue weighted by Gasteiger charge is 2.53. The first kappa shape index (κ1) is 88.7. The number of ether oxygens (including phenoxy) is 6. The number of aliphatic hydroxyl groups excluding tert-OH is 11. The second-order valence-corrected chi connectivity index (χ2v) is 27.8. The first-order valence-corrected chi connectivity index (χ1v) is 39.0. The van der Waals surface area contributed by atoms with E-state index < -0.39 is 124 Å². The number of nitrogens with one attached hydrogen (secondary N) is 1. The Labute approximate surface area is 586 Å². The van der Waals surface area contributed by atoms with Crippen molar-refractivity contribution in [2.75, 3.05) is 26.4 Å². The maximum absolute atomic E-state index is 13.5. The summed E-state index contributed by atoms with van der Waals surface area (Å²) in [5.74, 6) is -0.272. The third kappa shape index (κ3) is 39.6. The molecule has 3 heterocycles. The van der Waals surface area contributed by atoms with Gasteiger partial charge in [-0.2, -0.15) is 0 Å². The molecule has 0 aromatic rings. The average Bonchev–Trinajstić information content (AvgIpc) is 0.845. The molecule has 3 aliphatic heterocycles. The van der Waals surface area contributed by atoms with Crippen LogP contribution in [0.1, 0.15) is 296 Å². The van der Waals surface area contributed by atoms with E-state index in [1.165, 1.54) is 199 Å². The number of allylic oxidation sites excluding steroid dienone is 9. The quantitative estimate of drug-likeness (QED) is 0.0199. The van der Waals surface area contributed by atoms with E-state index in [2.05, 4.69) is 67.8 Å². The molecule has 566 valence electrons. The van der Waals surface area contributed by atoms with E-state index in [1.54, 1.807) is 6.08 Å². The van der Waals surface area contributed by atoms with Crippen LogP contribution in [0, 0.1) is 0 Å². The minimum atomic E-state index is -1.98. The molecular weight excluding hydrogens is 1240 g/mol. The Morgan fingerprint density at radius 2 is 0.711 bits per heavy atom. The number of hydrogen-bond donors (Lipinski definition) is 12. The van der Waals surface area contributed by atoms with Crippen molar-refractivity contribution in [3.63, 3.8) is 0 Å². The Morgan fingerprint density at radius 3 is 1.11 bits per heavy atom. The standard InChI is InChI=1S/C78H141NO18/c1-3-5-7-9-11-13-15-17-19-21-23-24-25-26-27-28-29-30-31-32-33-34-35-36-38-40-42-44-46-48-50-52-54-56-66(84)79-61(62(83)55-53-51-49-47-45-43-41-39-37-22-20-18-16-14-12-10-8-6-4-2)60-92-76-72(90)69(87)74(64(58-81)94-76)97-78-73(91)70(88)75(65(59-82)95-78)96-77-71(89)68(86)67(85)63(57-80)93-77/h5,7,11,13,17,19,23-24,53,55,61-65,67-78,80-83,85-91H,3-4,6,8-10,12,14-16,18,20-22,25-52,54,56-60H2,1-2H3,(H,79,84)/b7-5-,13-11-,19-17-,24-23-,55-53+. The first-order chi connectivity index (χ1) is 47.3. The molecule has 0 spiro atoms. The summed E-state index contributed by atoms with van der Waals surface area (Å²) in [6.45, 7) is 1.66. The molecule has 19 nitrogen and oxygen atoms in total. The summed E-state index contributed by atoms with van der Waals surface area (Å²) in [6.07, 6.45) is 47.8. The number of aliphatic hydroxyl groups is 11. The van der Waals surface area contributed by atoms with Crippen molar-refractivity contribution in [2.45, 2.75) is 401 Å². The molecule has 0 aromatic carbocycles. The minimum Gasteiger partial charge on any atom is -0.394 e. The number of carbonyl (C=O) groups excluding carboxylic acids is 1. The summed E-state index contributed by atoms with van der Waals surface area (Å²) in [4.78, 5) is 13.5. The molecule has 3 aliphatic rings. The lowest BCUT2D eigenvalue weighted by Crippen LogP contribution is -2.66. The fraction of sp³-hybridized carbons (Fsp3) is 0.859. The number of rotatable bonds is 61. The van der Waals surface area contributed by atoms with Crippen molar-refractivity contribution in [3.05, 3.63) is 60.8 Å². The van der Waals surface area contributed by atoms with E-state index in [-0.39, 0.29) is 18.9 Å². The zero-order valence-electron chi connectivity index (χ0n) is 60.3. The maximum atomic E-state index is 13.5. The van der Waals surface area contributed by atoms with Crippen molar-refractivity contribution >= 4 is 5.91 Å². The molecule has 1 amide bonds. The Balaban J connectivity index is 1.36. The topological polar surface area (TPSA) is 307 Å². The summed E-state index contributed by atoms with van der Waals surface area (Å²) in [5, 5.41) is 121. The van der Waals surface area contributed by atoms with Gasteiger partial charge in [0, 0.05) is 6.42 Å². The van der Waals surface area contributed by atoms with Crippen LogP contribution in [0.15, 0.2) is 60.8 Å². The van der Waals surface area contributed by atoms with Crippen LogP contribution in [0.3, 0.4) is 0 Å². The van der Waals surface area contributed by atoms with Crippen LogP contribution in [-0.4, -0.2) is 193 Å². The first-order valence-electron chi connectivity index (χ1n) is 39.0. The molecular formula is C78H141NO18. The molecule has 17 unspecified atom stereocenters. The van der Waals surface area contributed by atoms with E-state index in [9.17, 15) is 61.0 Å². The molecule has 0 aromatic heterocycles. The van der Waals surface area contributed by atoms with Crippen LogP contribution in [0.2, 0.25) is 0 Å². The second kappa shape index (κ2) is 58.9. The van der Waals surface area contributed by atoms with Crippen molar-refractivity contribution in [1.29, 1.82) is 0 Å². The van der Waals surface area contributed by atoms with Crippen LogP contribution in [0.25, 0.3) is 0 Å². The molecule has 0 radical (unpaired) electrons. The smallest absolute Gasteiger partial charge is 0.220 e. The van der Waals surface area contributed by atoms with Gasteiger partial charge in [0.15, 0.2) is 18.9 Å². The Morgan fingerprint density at radius 1 is 0.381 bits per heavy atom. The highest BCUT2D eigenvalue weighted by atomic mass is 16.8. The van der Waals surface area contributed by atoms with Crippen LogP contribution >= 0.6 is 0 Å². The van der Waals surface area contributed by atoms with E-state index in [1.807, 2.05) is 6.08 Å². The minimum absolute atomic E-state index is 0.245. The van der Waals surface area contributed by atoms with Crippen molar-refractivity contribution in [3.8, 4) is 0 Å². The van der Waals surface area contributed by atoms with Gasteiger partial charge in [-0.25, -0.2) is 0 Å². The number of amides is 1. The lowest BCUT2D eigenvalue weighted by Gasteiger charge is -2.48. The van der Waals surface area contributed by atoms with Gasteiger partial charge in [0.1, 0.15) is 73.2 Å². The molecule has 3 rings (SSSR count). The summed E-state index contributed by atoms with van der Waals surface area (Å²) in [5.41, 5.74) is 0. The van der Waals surface area contributed by atoms with Gasteiger partial charge in [0.2, 0.25) is 5.91 Å². The lowest BCUT2D eigenvalue weighted by atomic mass is 9.96. The number of carbonyl (C=O) groups is 1. The lowest BCUT2D eigenvalue weighted by molar-refractivity contribution is -0.379. The van der Waals surface area contributed by atoms with Crippen molar-refractivity contribution in [1.82, 2.24) is 5.32 Å². The van der Waals surface area contributed by atoms with E-state index in [0.29, 0.717) is 6.42 Å². The molecule has 19 heteroatoms. The normalized spacial score (nSPS) is 27.2. The Kier molecular flexibility index (Phi) is 53.9. The predicted octanol–water partition coefficient (Wildman–Crippen LogP) is 12.3. The van der Waals surface area contributed by atoms with Gasteiger partial charge < -0.3 is 89.9 Å². The van der Waals surface area contributed by atoms with Crippen LogP contribution in [0.4, 0.5) is 0 Å². The Bertz CT molecular complexity index is 1990. The van der Waals surface area contributed by atoms with E-state index in [4.69, 9.17) is 28.4 Å². The van der Waals surface area contributed by atoms with E-state index >= 15 is 0 Å². The van der Waals surface area contributed by atoms with Crippen molar-refractivity contribution in [2.24, 2.45) is 0 Å². The maximum Gasteiger partial charge on any atom is 0.220 e. The van der Waals surface area contributed by atoms with Gasteiger partial charge in [0.05, 0.1) is 38.6 Å². The van der Waals surface area contributed by atoms with Gasteiger partial charge >= 0.3 is 0 Å². The zero-order valence-corrected chi connectivity index (χ0v) is 60.3. The molecule has 0 aliphatic carbocycles. The third-order valence-corrected chi connectivity index (χ3v) is 19.3. The SMILES string of the molecule is CC/C=C\C/C=C\C/C=C\C/C=C\CCCCCCCCCCCCCCCCCCCCCCC(=O)NC(COC1OC(CO)C(OC2OC(CO)C(OC3OC(CO)C(O)C(O)C3O)C(O)C2O)C(O)C1O)C(O)/C=C/CCCCCCCCCCCCCCCCCCC. The van der Waals surface area contributed by atoms with Gasteiger partial charge in [-0.05, 0) is 57.8 Å². The van der Waals surface area contributed by atoms with Crippen molar-refractivity contribution < 1.29 is 89.4 Å². The number of unbranched alkanes of at least 4 members (excludes halogenated alkanes) is 37. The summed E-state index contributed by atoms with van der Waals surface area (Å²) < 4.78 is 34.4. The van der Waals surface area contributed by atoms with Crippen LogP contribution < -0.4 is 5.32 Å². The third-order valence-electron chi connectivity index (χ3n) is 19.3. The predicted molar refractivity (Wildman–Crippen MR) is 383 cm³/mol. The molecule has 3 saturated heterocycles. The van der Waals surface area contributed by atoms with Gasteiger partial charge in [0.25, 0.3) is 0 Å². The Hall–Kier alpha value is -2.51. The zero-order chi connectivity index (χ0) is 70.4. The summed E-state index contributed by atoms with van der Waals surface area (Å²) >= 11 is 0. The van der Waals surface area contributed by atoms with E-state index in [0.717, 1.165) is 70.6 Å². The molecule has 17 atom stereocenters. The summed E-state index contributed by atoms with van der Waals surface area (Å²) in [6, 6.07) is -0.974. The monoisotopic (exact) mass is 1380 g/mol. The number of hydrogen-bond acceptors (Lipinski definition) is 18. The fourth-order valence-corrected chi connectivity index (χ4v) is 13.1. The van der Waals surface area contributed by atoms with Crippen LogP contribution in [-0.2, 0) is 33.2 Å². The molecule has 0 saturated carbocycles. The highest BCUT2D eigenvalue weighted by Crippen LogP contribution is 2.33. The molecule has 12 N–H and O–H groups in total. The molecule has 3 fully saturated rings. The van der Waals surface area contributed by atoms with Crippen LogP contribution in [0.5, 0.6) is 0 Å². The molecule has 0 bridgehead atoms. The molecule has 97 heavy (non-hydrogen) atoms. The van der Waals surface area contributed by atoms with Gasteiger partial charge in [-0.3, -0.25) is 4.79 Å². The average molecular weight is 1380 g/mol. The largest absolute Gasteiger partial charge is 0.394 e. The highest BCUT2D eigenvalue weighted by molar-refractivity contribution is 5.76.